The molecule has 4 N–H and O–H groups in total. The molecule has 9 nitrogen and oxygen atoms in total. The molecule has 11 heteroatoms. The fourth-order valence-corrected chi connectivity index (χ4v) is 2.92. The minimum absolute atomic E-state index is 0.00334. The molecule has 0 amide bonds. The zero-order valence-corrected chi connectivity index (χ0v) is 12.2. The zero-order chi connectivity index (χ0) is 15.3. The lowest BCUT2D eigenvalue weighted by Crippen LogP contribution is -2.27. The number of nitrogens with one attached hydrogen (secondary N) is 2. The number of hydrogen-bond acceptors (Lipinski definition) is 7. The second-order valence-corrected chi connectivity index (χ2v) is 7.08. The molecule has 0 saturated carbocycles. The van der Waals surface area contributed by atoms with E-state index in [1.807, 2.05) is 0 Å². The predicted molar refractivity (Wildman–Crippen MR) is 75.0 cm³/mol. The lowest BCUT2D eigenvalue weighted by atomic mass is 10.3. The second-order valence-electron chi connectivity index (χ2n) is 3.76. The molecule has 0 aliphatic heterocycles. The van der Waals surface area contributed by atoms with E-state index in [2.05, 4.69) is 10.1 Å². The van der Waals surface area contributed by atoms with Gasteiger partial charge in [-0.3, -0.25) is 20.2 Å². The number of nitro groups is 1. The van der Waals surface area contributed by atoms with Crippen molar-refractivity contribution in [1.29, 1.82) is 0 Å². The summed E-state index contributed by atoms with van der Waals surface area (Å²) in [5, 5.41) is 10.8. The third-order valence-electron chi connectivity index (χ3n) is 2.31. The maximum absolute atomic E-state index is 11.9. The van der Waals surface area contributed by atoms with Crippen LogP contribution in [0.3, 0.4) is 0 Å². The summed E-state index contributed by atoms with van der Waals surface area (Å²) >= 11 is 0. The van der Waals surface area contributed by atoms with E-state index in [4.69, 9.17) is 5.84 Å². The van der Waals surface area contributed by atoms with E-state index in [-0.39, 0.29) is 22.9 Å². The molecule has 112 valence electrons. The van der Waals surface area contributed by atoms with Crippen LogP contribution < -0.4 is 16.0 Å². The Labute approximate surface area is 118 Å². The lowest BCUT2D eigenvalue weighted by Gasteiger charge is -2.07. The van der Waals surface area contributed by atoms with Gasteiger partial charge in [0, 0.05) is 35.4 Å². The van der Waals surface area contributed by atoms with Crippen LogP contribution in [0.4, 0.5) is 11.4 Å². The Hall–Kier alpha value is -1.56. The molecule has 1 aromatic rings. The first-order valence-corrected chi connectivity index (χ1v) is 8.53. The van der Waals surface area contributed by atoms with Crippen molar-refractivity contribution in [3.05, 3.63) is 28.3 Å². The molecule has 1 rings (SSSR count). The summed E-state index contributed by atoms with van der Waals surface area (Å²) in [6.45, 7) is -0.0177. The average molecular weight is 322 g/mol. The Morgan fingerprint density at radius 2 is 2.10 bits per heavy atom. The fraction of sp³-hybridized carbons (Fsp3) is 0.333. The molecule has 1 atom stereocenters. The number of nitrogens with two attached hydrogens (primary N) is 1. The van der Waals surface area contributed by atoms with Crippen molar-refractivity contribution in [2.24, 2.45) is 5.84 Å². The van der Waals surface area contributed by atoms with E-state index in [0.717, 1.165) is 6.07 Å². The van der Waals surface area contributed by atoms with Crippen molar-refractivity contribution in [3.8, 4) is 0 Å². The third-order valence-corrected chi connectivity index (χ3v) is 4.55. The van der Waals surface area contributed by atoms with Crippen LogP contribution in [0.25, 0.3) is 0 Å². The van der Waals surface area contributed by atoms with Gasteiger partial charge in [-0.2, -0.15) is 0 Å². The van der Waals surface area contributed by atoms with E-state index in [1.165, 1.54) is 18.4 Å². The predicted octanol–water partition coefficient (Wildman–Crippen LogP) is -0.463. The highest BCUT2D eigenvalue weighted by Gasteiger charge is 2.20. The van der Waals surface area contributed by atoms with Crippen LogP contribution in [0.1, 0.15) is 0 Å². The normalized spacial score (nSPS) is 12.9. The van der Waals surface area contributed by atoms with Gasteiger partial charge in [0.15, 0.2) is 0 Å². The minimum Gasteiger partial charge on any atom is -0.318 e. The average Bonchev–Trinajstić information content (AvgIpc) is 2.37. The van der Waals surface area contributed by atoms with Crippen molar-refractivity contribution >= 4 is 32.2 Å². The molecule has 0 saturated heterocycles. The minimum atomic E-state index is -3.89. The first kappa shape index (κ1) is 16.5. The molecule has 0 bridgehead atoms. The number of hydrazine groups is 1. The van der Waals surface area contributed by atoms with Crippen LogP contribution in [-0.2, 0) is 20.8 Å². The van der Waals surface area contributed by atoms with Crippen molar-refractivity contribution < 1.29 is 17.6 Å². The van der Waals surface area contributed by atoms with Gasteiger partial charge in [0.25, 0.3) is 5.69 Å². The van der Waals surface area contributed by atoms with Crippen LogP contribution in [0.5, 0.6) is 0 Å². The Morgan fingerprint density at radius 3 is 2.60 bits per heavy atom. The van der Waals surface area contributed by atoms with Gasteiger partial charge in [0.1, 0.15) is 5.69 Å². The van der Waals surface area contributed by atoms with Crippen LogP contribution >= 0.6 is 0 Å². The molecule has 1 aromatic carbocycles. The number of rotatable bonds is 7. The highest BCUT2D eigenvalue weighted by atomic mass is 32.2. The van der Waals surface area contributed by atoms with E-state index in [1.54, 1.807) is 0 Å². The number of benzene rings is 1. The van der Waals surface area contributed by atoms with E-state index in [9.17, 15) is 22.7 Å². The maximum Gasteiger partial charge on any atom is 0.294 e. The lowest BCUT2D eigenvalue weighted by molar-refractivity contribution is -0.384. The summed E-state index contributed by atoms with van der Waals surface area (Å²) in [6, 6.07) is 3.29. The Morgan fingerprint density at radius 1 is 1.45 bits per heavy atom. The largest absolute Gasteiger partial charge is 0.318 e. The maximum atomic E-state index is 11.9. The van der Waals surface area contributed by atoms with Gasteiger partial charge in [0.05, 0.1) is 9.82 Å². The second kappa shape index (κ2) is 6.74. The summed E-state index contributed by atoms with van der Waals surface area (Å²) in [5.41, 5.74) is 1.67. The Bertz CT molecular complexity index is 631. The number of nitrogen functional groups attached to an aromatic ring is 1. The van der Waals surface area contributed by atoms with E-state index in [0.29, 0.717) is 0 Å². The van der Waals surface area contributed by atoms with Gasteiger partial charge >= 0.3 is 0 Å². The topological polar surface area (TPSA) is 144 Å². The first-order chi connectivity index (χ1) is 9.27. The molecular formula is C9H14N4O5S2. The van der Waals surface area contributed by atoms with Gasteiger partial charge in [-0.15, -0.1) is 0 Å². The summed E-state index contributed by atoms with van der Waals surface area (Å²) in [7, 11) is -5.03. The molecular weight excluding hydrogens is 308 g/mol. The molecule has 0 radical (unpaired) electrons. The quantitative estimate of drug-likeness (QED) is 0.350. The van der Waals surface area contributed by atoms with Gasteiger partial charge in [-0.05, 0) is 12.1 Å². The number of nitro benzene ring substituents is 1. The third kappa shape index (κ3) is 4.23. The van der Waals surface area contributed by atoms with Crippen molar-refractivity contribution in [2.45, 2.75) is 4.90 Å². The number of sulfonamides is 1. The summed E-state index contributed by atoms with van der Waals surface area (Å²) < 4.78 is 36.9. The number of nitrogens with zero attached hydrogens (tertiary/aromatic N) is 1. The van der Waals surface area contributed by atoms with Crippen molar-refractivity contribution in [3.63, 3.8) is 0 Å². The molecule has 0 aliphatic carbocycles. The van der Waals surface area contributed by atoms with Crippen LogP contribution in [0.15, 0.2) is 23.1 Å². The van der Waals surface area contributed by atoms with E-state index < -0.39 is 31.4 Å². The van der Waals surface area contributed by atoms with Crippen LogP contribution in [-0.4, -0.2) is 36.1 Å². The highest BCUT2D eigenvalue weighted by Crippen LogP contribution is 2.26. The van der Waals surface area contributed by atoms with Gasteiger partial charge in [-0.25, -0.2) is 13.1 Å². The molecule has 20 heavy (non-hydrogen) atoms. The van der Waals surface area contributed by atoms with Crippen LogP contribution in [0.2, 0.25) is 0 Å². The van der Waals surface area contributed by atoms with Crippen molar-refractivity contribution in [1.82, 2.24) is 4.72 Å². The summed E-state index contributed by atoms with van der Waals surface area (Å²) in [6.07, 6.45) is 1.45. The molecule has 0 heterocycles. The van der Waals surface area contributed by atoms with Gasteiger partial charge in [0.2, 0.25) is 10.0 Å². The Kier molecular flexibility index (Phi) is 5.56. The van der Waals surface area contributed by atoms with Crippen LogP contribution in [0, 0.1) is 10.1 Å². The summed E-state index contributed by atoms with van der Waals surface area (Å²) in [5.74, 6) is 5.26. The molecule has 0 fully saturated rings. The monoisotopic (exact) mass is 322 g/mol. The van der Waals surface area contributed by atoms with Crippen molar-refractivity contribution in [2.75, 3.05) is 24.0 Å². The van der Waals surface area contributed by atoms with Gasteiger partial charge in [-0.1, -0.05) is 0 Å². The smallest absolute Gasteiger partial charge is 0.294 e. The number of anilines is 1. The molecule has 0 aliphatic rings. The fourth-order valence-electron chi connectivity index (χ4n) is 1.35. The summed E-state index contributed by atoms with van der Waals surface area (Å²) in [4.78, 5) is 9.82. The standard InChI is InChI=1S/C9H14N4O5S2/c1-19(16)5-4-11-20(17,18)7-2-3-8(12-10)9(6-7)13(14)15/h2-3,6,11-12H,4-5,10H2,1H3. The zero-order valence-electron chi connectivity index (χ0n) is 10.5. The highest BCUT2D eigenvalue weighted by molar-refractivity contribution is 7.89. The number of hydrogen-bond donors (Lipinski definition) is 3. The van der Waals surface area contributed by atoms with E-state index >= 15 is 0 Å². The first-order valence-electron chi connectivity index (χ1n) is 5.32. The molecule has 1 unspecified atom stereocenters. The molecule has 0 aromatic heterocycles. The Balaban J connectivity index is 3.04. The SMILES string of the molecule is CS(=O)CCNS(=O)(=O)c1ccc(NN)c([N+](=O)[O-])c1. The molecule has 0 spiro atoms. The van der Waals surface area contributed by atoms with Gasteiger partial charge < -0.3 is 5.43 Å².